The Morgan fingerprint density at radius 3 is 2.21 bits per heavy atom. The summed E-state index contributed by atoms with van der Waals surface area (Å²) in [5, 5.41) is 1.65. The molecule has 0 spiro atoms. The minimum absolute atomic E-state index is 0.210. The van der Waals surface area contributed by atoms with Crippen LogP contribution in [0.2, 0.25) is 0 Å². The molecule has 0 aliphatic heterocycles. The molecule has 3 heteroatoms. The number of carbonyl (C=O) groups is 1. The molecule has 0 N–H and O–H groups in total. The van der Waals surface area contributed by atoms with E-state index >= 15 is 0 Å². The smallest absolute Gasteiger partial charge is 0.352 e. The molecule has 0 bridgehead atoms. The molecule has 0 rings (SSSR count). The lowest BCUT2D eigenvalue weighted by Crippen LogP contribution is -2.27. The van der Waals surface area contributed by atoms with Crippen LogP contribution in [0.15, 0.2) is 11.6 Å². The van der Waals surface area contributed by atoms with Gasteiger partial charge in [-0.25, -0.2) is 4.79 Å². The normalized spacial score (nSPS) is 11.9. The van der Waals surface area contributed by atoms with Crippen LogP contribution in [0, 0.1) is 0 Å². The van der Waals surface area contributed by atoms with Crippen molar-refractivity contribution in [2.24, 2.45) is 0 Å². The number of allylic oxidation sites excluding steroid dienone is 1. The summed E-state index contributed by atoms with van der Waals surface area (Å²) < 4.78 is 0. The van der Waals surface area contributed by atoms with Gasteiger partial charge in [0.2, 0.25) is 0 Å². The van der Waals surface area contributed by atoms with Crippen molar-refractivity contribution in [1.82, 2.24) is 5.06 Å². The van der Waals surface area contributed by atoms with Gasteiger partial charge in [-0.1, -0.05) is 19.4 Å². The Bertz CT molecular complexity index is 195. The third-order valence-electron chi connectivity index (χ3n) is 2.05. The van der Waals surface area contributed by atoms with Gasteiger partial charge in [0.1, 0.15) is 0 Å². The van der Waals surface area contributed by atoms with Gasteiger partial charge in [-0.2, -0.15) is 0 Å². The minimum atomic E-state index is -0.210. The molecule has 0 heterocycles. The Morgan fingerprint density at radius 1 is 1.29 bits per heavy atom. The van der Waals surface area contributed by atoms with Crippen LogP contribution in [0.1, 0.15) is 40.5 Å². The fourth-order valence-electron chi connectivity index (χ4n) is 1.16. The van der Waals surface area contributed by atoms with E-state index < -0.39 is 0 Å². The highest BCUT2D eigenvalue weighted by Crippen LogP contribution is 2.08. The van der Waals surface area contributed by atoms with Gasteiger partial charge in [-0.15, -0.1) is 5.06 Å². The number of hydrogen-bond acceptors (Lipinski definition) is 3. The molecule has 0 unspecified atom stereocenters. The lowest BCUT2D eigenvalue weighted by molar-refractivity contribution is -0.183. The Hall–Kier alpha value is -0.830. The maximum atomic E-state index is 11.6. The Morgan fingerprint density at radius 2 is 1.86 bits per heavy atom. The monoisotopic (exact) mass is 199 g/mol. The molecule has 14 heavy (non-hydrogen) atoms. The van der Waals surface area contributed by atoms with Crippen molar-refractivity contribution >= 4 is 5.97 Å². The summed E-state index contributed by atoms with van der Waals surface area (Å²) in [5.74, 6) is -0.210. The van der Waals surface area contributed by atoms with Gasteiger partial charge in [-0.05, 0) is 27.2 Å². The van der Waals surface area contributed by atoms with Gasteiger partial charge in [0.25, 0.3) is 0 Å². The predicted molar refractivity (Wildman–Crippen MR) is 57.7 cm³/mol. The molecule has 0 amide bonds. The summed E-state index contributed by atoms with van der Waals surface area (Å²) in [6.45, 7) is 9.30. The van der Waals surface area contributed by atoms with E-state index in [1.54, 1.807) is 5.06 Å². The van der Waals surface area contributed by atoms with Crippen LogP contribution in [0.25, 0.3) is 0 Å². The summed E-state index contributed by atoms with van der Waals surface area (Å²) in [4.78, 5) is 16.7. The third kappa shape index (κ3) is 4.42. The number of nitrogens with zero attached hydrogens (tertiary/aromatic N) is 1. The van der Waals surface area contributed by atoms with Crippen molar-refractivity contribution in [1.29, 1.82) is 0 Å². The van der Waals surface area contributed by atoms with E-state index in [0.29, 0.717) is 0 Å². The molecular weight excluding hydrogens is 178 g/mol. The zero-order chi connectivity index (χ0) is 11.0. The summed E-state index contributed by atoms with van der Waals surface area (Å²) >= 11 is 0. The molecule has 0 aromatic heterocycles. The van der Waals surface area contributed by atoms with Crippen molar-refractivity contribution in [2.75, 3.05) is 13.1 Å². The van der Waals surface area contributed by atoms with Crippen LogP contribution in [0.5, 0.6) is 0 Å². The maximum Gasteiger partial charge on any atom is 0.352 e. The number of hydroxylamine groups is 2. The molecule has 0 aliphatic rings. The second kappa shape index (κ2) is 7.56. The first-order chi connectivity index (χ1) is 6.69. The Labute approximate surface area is 86.7 Å². The van der Waals surface area contributed by atoms with Crippen molar-refractivity contribution in [3.63, 3.8) is 0 Å². The highest BCUT2D eigenvalue weighted by atomic mass is 16.7. The largest absolute Gasteiger partial charge is 0.364 e. The van der Waals surface area contributed by atoms with Gasteiger partial charge >= 0.3 is 5.97 Å². The maximum absolute atomic E-state index is 11.6. The Balaban J connectivity index is 4.16. The summed E-state index contributed by atoms with van der Waals surface area (Å²) in [5.41, 5.74) is 0.763. The lowest BCUT2D eigenvalue weighted by atomic mass is 10.1. The fourth-order valence-corrected chi connectivity index (χ4v) is 1.16. The molecule has 82 valence electrons. The van der Waals surface area contributed by atoms with Gasteiger partial charge in [0, 0.05) is 18.7 Å². The van der Waals surface area contributed by atoms with Gasteiger partial charge in [0.15, 0.2) is 0 Å². The van der Waals surface area contributed by atoms with Crippen molar-refractivity contribution in [3.8, 4) is 0 Å². The summed E-state index contributed by atoms with van der Waals surface area (Å²) in [7, 11) is 0. The highest BCUT2D eigenvalue weighted by Gasteiger charge is 2.12. The van der Waals surface area contributed by atoms with E-state index in [1.807, 2.05) is 33.8 Å². The second-order valence-corrected chi connectivity index (χ2v) is 3.06. The average molecular weight is 199 g/mol. The molecule has 0 fully saturated rings. The van der Waals surface area contributed by atoms with Crippen LogP contribution >= 0.6 is 0 Å². The van der Waals surface area contributed by atoms with Crippen LogP contribution in [0.4, 0.5) is 0 Å². The average Bonchev–Trinajstić information content (AvgIpc) is 2.22. The summed E-state index contributed by atoms with van der Waals surface area (Å²) in [6.07, 6.45) is 3.58. The van der Waals surface area contributed by atoms with Crippen molar-refractivity contribution in [3.05, 3.63) is 11.6 Å². The van der Waals surface area contributed by atoms with E-state index in [2.05, 4.69) is 0 Å². The topological polar surface area (TPSA) is 29.5 Å². The molecule has 0 saturated heterocycles. The zero-order valence-corrected chi connectivity index (χ0v) is 9.67. The quantitative estimate of drug-likeness (QED) is 0.486. The van der Waals surface area contributed by atoms with Crippen molar-refractivity contribution in [2.45, 2.75) is 40.5 Å². The van der Waals surface area contributed by atoms with Gasteiger partial charge < -0.3 is 4.84 Å². The number of carbonyl (C=O) groups excluding carboxylic acids is 1. The minimum Gasteiger partial charge on any atom is -0.364 e. The van der Waals surface area contributed by atoms with E-state index in [1.165, 1.54) is 0 Å². The zero-order valence-electron chi connectivity index (χ0n) is 9.67. The first-order valence-electron chi connectivity index (χ1n) is 5.31. The van der Waals surface area contributed by atoms with E-state index in [9.17, 15) is 4.79 Å². The Kier molecular flexibility index (Phi) is 7.11. The van der Waals surface area contributed by atoms with E-state index in [4.69, 9.17) is 4.84 Å². The van der Waals surface area contributed by atoms with Gasteiger partial charge in [-0.3, -0.25) is 0 Å². The number of hydrogen-bond donors (Lipinski definition) is 0. The second-order valence-electron chi connectivity index (χ2n) is 3.06. The molecule has 0 aliphatic carbocycles. The molecule has 0 saturated carbocycles. The van der Waals surface area contributed by atoms with E-state index in [-0.39, 0.29) is 5.97 Å². The van der Waals surface area contributed by atoms with Crippen LogP contribution in [0.3, 0.4) is 0 Å². The first kappa shape index (κ1) is 13.2. The highest BCUT2D eigenvalue weighted by molar-refractivity contribution is 5.88. The van der Waals surface area contributed by atoms with Crippen LogP contribution in [-0.4, -0.2) is 24.1 Å². The SMILES string of the molecule is CC=C(CCC)C(=O)ON(CC)CC. The molecule has 0 radical (unpaired) electrons. The molecule has 0 aromatic rings. The first-order valence-corrected chi connectivity index (χ1v) is 5.31. The number of rotatable bonds is 6. The van der Waals surface area contributed by atoms with Gasteiger partial charge in [0.05, 0.1) is 0 Å². The summed E-state index contributed by atoms with van der Waals surface area (Å²) in [6, 6.07) is 0. The third-order valence-corrected chi connectivity index (χ3v) is 2.05. The van der Waals surface area contributed by atoms with Crippen LogP contribution < -0.4 is 0 Å². The molecule has 0 aromatic carbocycles. The molecule has 0 atom stereocenters. The standard InChI is InChI=1S/C11H21NO2/c1-5-9-10(6-2)11(13)14-12(7-3)8-4/h6H,5,7-9H2,1-4H3. The van der Waals surface area contributed by atoms with Crippen LogP contribution in [-0.2, 0) is 9.63 Å². The van der Waals surface area contributed by atoms with Crippen molar-refractivity contribution < 1.29 is 9.63 Å². The lowest BCUT2D eigenvalue weighted by Gasteiger charge is -2.17. The molecular formula is C11H21NO2. The fraction of sp³-hybridized carbons (Fsp3) is 0.727. The van der Waals surface area contributed by atoms with E-state index in [0.717, 1.165) is 31.5 Å². The molecule has 3 nitrogen and oxygen atoms in total. The predicted octanol–water partition coefficient (Wildman–Crippen LogP) is 2.53.